The fraction of sp³-hybridized carbons (Fsp3) is 0.400. The molecule has 0 saturated heterocycles. The molecule has 2 rings (SSSR count). The number of hydrogen-bond donors (Lipinski definition) is 1. The molecule has 0 aliphatic carbocycles. The first kappa shape index (κ1) is 19.7. The smallest absolute Gasteiger partial charge is 0.238 e. The molecular weight excluding hydrogens is 330 g/mol. The Morgan fingerprint density at radius 1 is 1.19 bits per heavy atom. The molecule has 6 heteroatoms. The molecule has 26 heavy (non-hydrogen) atoms. The van der Waals surface area contributed by atoms with Crippen LogP contribution >= 0.6 is 0 Å². The molecule has 1 N–H and O–H groups in total. The number of likely N-dealkylation sites (N-methyl/N-ethyl adjacent to an activating group) is 1. The molecular formula is C20H27N3O3. The molecule has 2 aromatic rings. The van der Waals surface area contributed by atoms with E-state index in [9.17, 15) is 9.59 Å². The predicted molar refractivity (Wildman–Crippen MR) is 103 cm³/mol. The lowest BCUT2D eigenvalue weighted by Gasteiger charge is -2.16. The Kier molecular flexibility index (Phi) is 6.58. The number of Topliss-reactive ketones (excluding diaryl/α,β-unsaturated/α-hetero) is 1. The first-order valence-electron chi connectivity index (χ1n) is 8.68. The number of rotatable bonds is 8. The summed E-state index contributed by atoms with van der Waals surface area (Å²) >= 11 is 0. The minimum absolute atomic E-state index is 0.0227. The van der Waals surface area contributed by atoms with Crippen LogP contribution in [0, 0.1) is 13.8 Å². The van der Waals surface area contributed by atoms with Crippen molar-refractivity contribution < 1.29 is 14.3 Å². The average Bonchev–Trinajstić information content (AvgIpc) is 2.88. The van der Waals surface area contributed by atoms with Gasteiger partial charge in [-0.3, -0.25) is 14.5 Å². The van der Waals surface area contributed by atoms with Gasteiger partial charge >= 0.3 is 0 Å². The number of anilines is 1. The van der Waals surface area contributed by atoms with Crippen LogP contribution in [0.3, 0.4) is 0 Å². The van der Waals surface area contributed by atoms with Crippen LogP contribution in [-0.4, -0.2) is 48.4 Å². The van der Waals surface area contributed by atoms with Gasteiger partial charge in [-0.25, -0.2) is 0 Å². The molecule has 0 saturated carbocycles. The Labute approximate surface area is 154 Å². The predicted octanol–water partition coefficient (Wildman–Crippen LogP) is 2.89. The maximum absolute atomic E-state index is 12.6. The third-order valence-corrected chi connectivity index (χ3v) is 4.37. The van der Waals surface area contributed by atoms with Gasteiger partial charge in [0.25, 0.3) is 0 Å². The lowest BCUT2D eigenvalue weighted by Crippen LogP contribution is -2.34. The molecule has 1 heterocycles. The van der Waals surface area contributed by atoms with Crippen LogP contribution in [0.15, 0.2) is 30.3 Å². The van der Waals surface area contributed by atoms with Crippen molar-refractivity contribution in [1.82, 2.24) is 9.47 Å². The maximum Gasteiger partial charge on any atom is 0.238 e. The van der Waals surface area contributed by atoms with Crippen LogP contribution < -0.4 is 10.1 Å². The summed E-state index contributed by atoms with van der Waals surface area (Å²) in [5.41, 5.74) is 3.45. The third kappa shape index (κ3) is 4.73. The molecule has 1 amide bonds. The van der Waals surface area contributed by atoms with Gasteiger partial charge in [0.1, 0.15) is 5.75 Å². The van der Waals surface area contributed by atoms with Crippen molar-refractivity contribution in [3.63, 3.8) is 0 Å². The molecule has 140 valence electrons. The van der Waals surface area contributed by atoms with E-state index in [1.807, 2.05) is 32.0 Å². The number of ketones is 1. The molecule has 0 fully saturated rings. The van der Waals surface area contributed by atoms with Crippen LogP contribution in [0.5, 0.6) is 5.75 Å². The van der Waals surface area contributed by atoms with Crippen LogP contribution in [0.2, 0.25) is 0 Å². The lowest BCUT2D eigenvalue weighted by atomic mass is 10.1. The molecule has 0 atom stereocenters. The van der Waals surface area contributed by atoms with Crippen molar-refractivity contribution in [3.8, 4) is 5.75 Å². The number of methoxy groups -OCH3 is 1. The van der Waals surface area contributed by atoms with Gasteiger partial charge in [0.2, 0.25) is 5.91 Å². The van der Waals surface area contributed by atoms with Gasteiger partial charge in [-0.1, -0.05) is 6.07 Å². The van der Waals surface area contributed by atoms with Crippen molar-refractivity contribution in [2.24, 2.45) is 0 Å². The zero-order chi connectivity index (χ0) is 19.3. The maximum atomic E-state index is 12.6. The third-order valence-electron chi connectivity index (χ3n) is 4.37. The van der Waals surface area contributed by atoms with Crippen molar-refractivity contribution >= 4 is 17.4 Å². The van der Waals surface area contributed by atoms with E-state index in [1.54, 1.807) is 31.2 Å². The summed E-state index contributed by atoms with van der Waals surface area (Å²) in [7, 11) is 3.35. The Bertz CT molecular complexity index is 796. The number of ether oxygens (including phenoxy) is 1. The summed E-state index contributed by atoms with van der Waals surface area (Å²) in [6.07, 6.45) is 0. The summed E-state index contributed by atoms with van der Waals surface area (Å²) in [5, 5.41) is 2.82. The Balaban J connectivity index is 1.94. The highest BCUT2D eigenvalue weighted by Crippen LogP contribution is 2.17. The first-order valence-corrected chi connectivity index (χ1v) is 8.68. The van der Waals surface area contributed by atoms with E-state index in [0.717, 1.165) is 23.5 Å². The second-order valence-electron chi connectivity index (χ2n) is 6.40. The number of aromatic nitrogens is 1. The fourth-order valence-corrected chi connectivity index (χ4v) is 3.10. The summed E-state index contributed by atoms with van der Waals surface area (Å²) in [5.74, 6) is 0.527. The molecule has 0 bridgehead atoms. The second kappa shape index (κ2) is 8.67. The van der Waals surface area contributed by atoms with Crippen LogP contribution in [0.25, 0.3) is 0 Å². The van der Waals surface area contributed by atoms with Crippen LogP contribution in [0.1, 0.15) is 28.7 Å². The molecule has 0 unspecified atom stereocenters. The summed E-state index contributed by atoms with van der Waals surface area (Å²) in [6, 6.07) is 9.09. The number of nitrogens with one attached hydrogen (secondary N) is 1. The second-order valence-corrected chi connectivity index (χ2v) is 6.40. The Hall–Kier alpha value is -2.60. The highest BCUT2D eigenvalue weighted by atomic mass is 16.5. The number of carbonyl (C=O) groups excluding carboxylic acids is 2. The largest absolute Gasteiger partial charge is 0.497 e. The van der Waals surface area contributed by atoms with Crippen molar-refractivity contribution in [2.45, 2.75) is 27.3 Å². The van der Waals surface area contributed by atoms with Crippen LogP contribution in [0.4, 0.5) is 5.69 Å². The minimum Gasteiger partial charge on any atom is -0.497 e. The normalized spacial score (nSPS) is 10.8. The zero-order valence-electron chi connectivity index (χ0n) is 16.1. The Morgan fingerprint density at radius 2 is 1.92 bits per heavy atom. The highest BCUT2D eigenvalue weighted by Gasteiger charge is 2.17. The number of carbonyl (C=O) groups is 2. The van der Waals surface area contributed by atoms with Crippen molar-refractivity contribution in [1.29, 1.82) is 0 Å². The van der Waals surface area contributed by atoms with Gasteiger partial charge in [-0.15, -0.1) is 0 Å². The SMILES string of the molecule is CCn1c(C)cc(C(=O)CN(C)CC(=O)Nc2cccc(OC)c2)c1C. The van der Waals surface area contributed by atoms with Gasteiger partial charge < -0.3 is 14.6 Å². The molecule has 0 aliphatic rings. The monoisotopic (exact) mass is 357 g/mol. The van der Waals surface area contributed by atoms with E-state index in [4.69, 9.17) is 4.74 Å². The first-order chi connectivity index (χ1) is 12.3. The molecule has 6 nitrogen and oxygen atoms in total. The van der Waals surface area contributed by atoms with Crippen LogP contribution in [-0.2, 0) is 11.3 Å². The van der Waals surface area contributed by atoms with Crippen molar-refractivity contribution in [2.75, 3.05) is 32.6 Å². The summed E-state index contributed by atoms with van der Waals surface area (Å²) in [4.78, 5) is 26.5. The topological polar surface area (TPSA) is 63.6 Å². The van der Waals surface area contributed by atoms with Gasteiger partial charge in [-0.2, -0.15) is 0 Å². The number of aryl methyl sites for hydroxylation is 1. The van der Waals surface area contributed by atoms with Gasteiger partial charge in [0.15, 0.2) is 5.78 Å². The number of hydrogen-bond acceptors (Lipinski definition) is 4. The Morgan fingerprint density at radius 3 is 2.54 bits per heavy atom. The molecule has 0 aliphatic heterocycles. The number of benzene rings is 1. The molecule has 1 aromatic carbocycles. The molecule has 0 radical (unpaired) electrons. The molecule has 0 spiro atoms. The van der Waals surface area contributed by atoms with Gasteiger partial charge in [0, 0.05) is 35.2 Å². The lowest BCUT2D eigenvalue weighted by molar-refractivity contribution is -0.116. The average molecular weight is 357 g/mol. The van der Waals surface area contributed by atoms with E-state index in [1.165, 1.54) is 0 Å². The number of nitrogens with zero attached hydrogens (tertiary/aromatic N) is 2. The number of amides is 1. The van der Waals surface area contributed by atoms with E-state index in [-0.39, 0.29) is 24.8 Å². The van der Waals surface area contributed by atoms with Gasteiger partial charge in [-0.05, 0) is 46.0 Å². The quantitative estimate of drug-likeness (QED) is 0.738. The van der Waals surface area contributed by atoms with E-state index in [2.05, 4.69) is 16.8 Å². The standard InChI is InChI=1S/C20H27N3O3/c1-6-23-14(2)10-18(15(23)3)19(24)12-22(4)13-20(25)21-16-8-7-9-17(11-16)26-5/h7-11H,6,12-13H2,1-5H3,(H,21,25). The minimum atomic E-state index is -0.174. The molecule has 1 aromatic heterocycles. The van der Waals surface area contributed by atoms with Crippen molar-refractivity contribution in [3.05, 3.63) is 47.3 Å². The zero-order valence-corrected chi connectivity index (χ0v) is 16.1. The highest BCUT2D eigenvalue weighted by molar-refractivity contribution is 5.99. The van der Waals surface area contributed by atoms with E-state index < -0.39 is 0 Å². The van der Waals surface area contributed by atoms with E-state index in [0.29, 0.717) is 11.4 Å². The van der Waals surface area contributed by atoms with Gasteiger partial charge in [0.05, 0.1) is 20.2 Å². The summed E-state index contributed by atoms with van der Waals surface area (Å²) in [6.45, 7) is 7.18. The fourth-order valence-electron chi connectivity index (χ4n) is 3.10. The van der Waals surface area contributed by atoms with E-state index >= 15 is 0 Å². The summed E-state index contributed by atoms with van der Waals surface area (Å²) < 4.78 is 7.26.